The van der Waals surface area contributed by atoms with Gasteiger partial charge in [0.25, 0.3) is 11.8 Å². The van der Waals surface area contributed by atoms with Gasteiger partial charge in [0.2, 0.25) is 0 Å². The summed E-state index contributed by atoms with van der Waals surface area (Å²) in [6, 6.07) is 0.608. The smallest absolute Gasteiger partial charge is 0.416 e. The van der Waals surface area contributed by atoms with Gasteiger partial charge in [0.05, 0.1) is 31.3 Å². The zero-order chi connectivity index (χ0) is 25.3. The average molecular weight is 488 g/mol. The minimum absolute atomic E-state index is 0.0635. The number of halogens is 6. The van der Waals surface area contributed by atoms with E-state index >= 15 is 0 Å². The molecule has 1 aliphatic heterocycles. The van der Waals surface area contributed by atoms with Gasteiger partial charge in [-0.05, 0) is 36.8 Å². The number of hydrogen-bond acceptors (Lipinski definition) is 4. The predicted octanol–water partition coefficient (Wildman–Crippen LogP) is 4.44. The van der Waals surface area contributed by atoms with Crippen LogP contribution in [0.15, 0.2) is 58.5 Å². The Morgan fingerprint density at radius 1 is 1.00 bits per heavy atom. The number of rotatable bonds is 6. The number of methoxy groups -OCH3 is 2. The first-order chi connectivity index (χ1) is 15.8. The van der Waals surface area contributed by atoms with Gasteiger partial charge in [-0.25, -0.2) is 4.99 Å². The van der Waals surface area contributed by atoms with E-state index in [0.717, 1.165) is 0 Å². The highest BCUT2D eigenvalue weighted by atomic mass is 19.4. The normalized spacial score (nSPS) is 18.2. The molecule has 0 saturated carbocycles. The number of amides is 2. The molecule has 182 valence electrons. The van der Waals surface area contributed by atoms with Crippen molar-refractivity contribution in [2.24, 2.45) is 10.9 Å². The Bertz CT molecular complexity index is 1100. The molecule has 1 unspecified atom stereocenters. The van der Waals surface area contributed by atoms with E-state index in [4.69, 9.17) is 9.47 Å². The molecule has 1 aliphatic carbocycles. The highest BCUT2D eigenvalue weighted by Crippen LogP contribution is 2.36. The van der Waals surface area contributed by atoms with Crippen LogP contribution in [0.2, 0.25) is 0 Å². The van der Waals surface area contributed by atoms with Crippen LogP contribution < -0.4 is 5.32 Å². The lowest BCUT2D eigenvalue weighted by atomic mass is 9.89. The summed E-state index contributed by atoms with van der Waals surface area (Å²) in [6.45, 7) is -0.232. The number of ether oxygens (including phenoxy) is 2. The van der Waals surface area contributed by atoms with E-state index in [0.29, 0.717) is 29.4 Å². The topological polar surface area (TPSA) is 77.0 Å². The van der Waals surface area contributed by atoms with Crippen molar-refractivity contribution in [3.05, 3.63) is 70.2 Å². The molecule has 0 spiro atoms. The largest absolute Gasteiger partial charge is 0.500 e. The van der Waals surface area contributed by atoms with Gasteiger partial charge in [0, 0.05) is 17.7 Å². The molecule has 0 bridgehead atoms. The highest BCUT2D eigenvalue weighted by molar-refractivity contribution is 6.15. The lowest BCUT2D eigenvalue weighted by Crippen LogP contribution is -2.30. The van der Waals surface area contributed by atoms with Crippen molar-refractivity contribution in [2.75, 3.05) is 20.8 Å². The number of alkyl halides is 6. The SMILES string of the molecule is COC1=CC=C(OC)C2C=C(CCNC(=O)c3cc(C(F)(F)F)cc(C(F)(F)F)c3)C(=O)N=C12. The van der Waals surface area contributed by atoms with Crippen LogP contribution in [0.4, 0.5) is 26.3 Å². The summed E-state index contributed by atoms with van der Waals surface area (Å²) in [5, 5.41) is 2.24. The van der Waals surface area contributed by atoms with Crippen LogP contribution in [0.25, 0.3) is 0 Å². The fourth-order valence-corrected chi connectivity index (χ4v) is 3.43. The van der Waals surface area contributed by atoms with Crippen LogP contribution in [-0.2, 0) is 26.6 Å². The lowest BCUT2D eigenvalue weighted by Gasteiger charge is -2.26. The van der Waals surface area contributed by atoms with Crippen LogP contribution >= 0.6 is 0 Å². The number of carbonyl (C=O) groups is 2. The number of aliphatic imine (C=N–C) groups is 1. The Morgan fingerprint density at radius 3 is 2.15 bits per heavy atom. The zero-order valence-electron chi connectivity index (χ0n) is 17.8. The van der Waals surface area contributed by atoms with Gasteiger partial charge >= 0.3 is 12.4 Å². The van der Waals surface area contributed by atoms with Crippen molar-refractivity contribution in [1.29, 1.82) is 0 Å². The lowest BCUT2D eigenvalue weighted by molar-refractivity contribution is -0.143. The van der Waals surface area contributed by atoms with Crippen molar-refractivity contribution >= 4 is 17.5 Å². The van der Waals surface area contributed by atoms with E-state index in [2.05, 4.69) is 10.3 Å². The van der Waals surface area contributed by atoms with Crippen molar-refractivity contribution < 1.29 is 45.4 Å². The van der Waals surface area contributed by atoms with E-state index in [9.17, 15) is 35.9 Å². The molecule has 0 radical (unpaired) electrons. The summed E-state index contributed by atoms with van der Waals surface area (Å²) < 4.78 is 88.5. The maximum absolute atomic E-state index is 13.0. The third-order valence-electron chi connectivity index (χ3n) is 5.10. The zero-order valence-corrected chi connectivity index (χ0v) is 17.8. The van der Waals surface area contributed by atoms with Crippen LogP contribution in [0.1, 0.15) is 27.9 Å². The van der Waals surface area contributed by atoms with Gasteiger partial charge in [-0.2, -0.15) is 26.3 Å². The standard InChI is InChI=1S/C22H18F6N2O4/c1-33-16-3-4-17(34-2)18-15(16)9-11(20(32)30-18)5-6-29-19(31)12-7-13(21(23,24)25)10-14(8-12)22(26,27)28/h3-4,7-10,15H,5-6H2,1-2H3,(H,29,31). The van der Waals surface area contributed by atoms with E-state index in [1.54, 1.807) is 18.2 Å². The number of nitrogens with one attached hydrogen (secondary N) is 1. The van der Waals surface area contributed by atoms with Crippen molar-refractivity contribution in [1.82, 2.24) is 5.32 Å². The van der Waals surface area contributed by atoms with Crippen molar-refractivity contribution in [3.8, 4) is 0 Å². The second-order valence-electron chi connectivity index (χ2n) is 7.28. The molecule has 2 amide bonds. The van der Waals surface area contributed by atoms with Gasteiger partial charge in [0.1, 0.15) is 17.2 Å². The molecule has 1 atom stereocenters. The predicted molar refractivity (Wildman–Crippen MR) is 108 cm³/mol. The Hall–Kier alpha value is -3.57. The Morgan fingerprint density at radius 2 is 1.62 bits per heavy atom. The third kappa shape index (κ3) is 5.32. The molecule has 12 heteroatoms. The molecule has 6 nitrogen and oxygen atoms in total. The third-order valence-corrected chi connectivity index (χ3v) is 5.10. The quantitative estimate of drug-likeness (QED) is 0.601. The number of dihydropyridines is 1. The number of benzene rings is 1. The molecule has 0 saturated heterocycles. The summed E-state index contributed by atoms with van der Waals surface area (Å²) in [4.78, 5) is 28.7. The minimum Gasteiger partial charge on any atom is -0.500 e. The summed E-state index contributed by atoms with van der Waals surface area (Å²) in [5.74, 6) is -1.43. The first-order valence-electron chi connectivity index (χ1n) is 9.76. The Balaban J connectivity index is 1.74. The number of hydrogen-bond donors (Lipinski definition) is 1. The van der Waals surface area contributed by atoms with Gasteiger partial charge < -0.3 is 14.8 Å². The van der Waals surface area contributed by atoms with E-state index in [1.807, 2.05) is 0 Å². The number of allylic oxidation sites excluding steroid dienone is 4. The van der Waals surface area contributed by atoms with Gasteiger partial charge in [0.15, 0.2) is 0 Å². The molecule has 1 heterocycles. The summed E-state index contributed by atoms with van der Waals surface area (Å²) in [7, 11) is 2.85. The first kappa shape index (κ1) is 25.1. The Labute approximate surface area is 189 Å². The number of nitrogens with zero attached hydrogens (tertiary/aromatic N) is 1. The molecular weight excluding hydrogens is 470 g/mol. The average Bonchev–Trinajstić information content (AvgIpc) is 2.77. The summed E-state index contributed by atoms with van der Waals surface area (Å²) in [5.41, 5.74) is -3.48. The van der Waals surface area contributed by atoms with Crippen LogP contribution in [-0.4, -0.2) is 38.3 Å². The maximum atomic E-state index is 13.0. The van der Waals surface area contributed by atoms with E-state index < -0.39 is 46.8 Å². The second kappa shape index (κ2) is 9.35. The summed E-state index contributed by atoms with van der Waals surface area (Å²) >= 11 is 0. The Kier molecular flexibility index (Phi) is 6.89. The molecule has 3 rings (SSSR count). The van der Waals surface area contributed by atoms with Crippen molar-refractivity contribution in [3.63, 3.8) is 0 Å². The molecule has 0 fully saturated rings. The monoisotopic (exact) mass is 488 g/mol. The van der Waals surface area contributed by atoms with Crippen molar-refractivity contribution in [2.45, 2.75) is 18.8 Å². The van der Waals surface area contributed by atoms with Crippen LogP contribution in [0.3, 0.4) is 0 Å². The number of carbonyl (C=O) groups excluding carboxylic acids is 2. The van der Waals surface area contributed by atoms with E-state index in [-0.39, 0.29) is 24.6 Å². The fraction of sp³-hybridized carbons (Fsp3) is 0.318. The van der Waals surface area contributed by atoms with Crippen LogP contribution in [0.5, 0.6) is 0 Å². The van der Waals surface area contributed by atoms with Crippen LogP contribution in [0, 0.1) is 5.92 Å². The minimum atomic E-state index is -5.08. The second-order valence-corrected chi connectivity index (χ2v) is 7.28. The van der Waals surface area contributed by atoms with Gasteiger partial charge in [-0.3, -0.25) is 9.59 Å². The first-order valence-corrected chi connectivity index (χ1v) is 9.76. The van der Waals surface area contributed by atoms with Gasteiger partial charge in [-0.1, -0.05) is 6.08 Å². The number of fused-ring (bicyclic) bond motifs is 1. The molecule has 34 heavy (non-hydrogen) atoms. The molecular formula is C22H18F6N2O4. The molecule has 1 N–H and O–H groups in total. The molecule has 2 aliphatic rings. The van der Waals surface area contributed by atoms with Gasteiger partial charge in [-0.15, -0.1) is 0 Å². The van der Waals surface area contributed by atoms with E-state index in [1.165, 1.54) is 14.2 Å². The maximum Gasteiger partial charge on any atom is 0.416 e. The molecule has 0 aromatic heterocycles. The summed E-state index contributed by atoms with van der Waals surface area (Å²) in [6.07, 6.45) is -5.43. The highest BCUT2D eigenvalue weighted by Gasteiger charge is 2.37. The molecule has 1 aromatic carbocycles. The fourth-order valence-electron chi connectivity index (χ4n) is 3.43. The molecule has 1 aromatic rings.